The Morgan fingerprint density at radius 2 is 1.83 bits per heavy atom. The topological polar surface area (TPSA) is 150 Å². The number of hydrogen-bond donors (Lipinski definition) is 2. The van der Waals surface area contributed by atoms with E-state index in [0.29, 0.717) is 54.5 Å². The number of likely N-dealkylation sites (tertiary alicyclic amines) is 1. The third kappa shape index (κ3) is 9.41. The highest BCUT2D eigenvalue weighted by Crippen LogP contribution is 2.48. The molecule has 15 heteroatoms. The number of thiophene rings is 1. The van der Waals surface area contributed by atoms with Crippen LogP contribution in [0.4, 0.5) is 5.69 Å². The van der Waals surface area contributed by atoms with Crippen molar-refractivity contribution in [2.45, 2.75) is 102 Å². The molecule has 0 spiro atoms. The lowest BCUT2D eigenvalue weighted by molar-refractivity contribution is -0.153. The summed E-state index contributed by atoms with van der Waals surface area (Å²) in [6, 6.07) is 15.9. The highest BCUT2D eigenvalue weighted by atomic mass is 32.1. The van der Waals surface area contributed by atoms with Crippen molar-refractivity contribution in [2.75, 3.05) is 38.7 Å². The van der Waals surface area contributed by atoms with Crippen molar-refractivity contribution in [3.8, 4) is 5.75 Å². The van der Waals surface area contributed by atoms with Gasteiger partial charge in [-0.2, -0.15) is 0 Å². The van der Waals surface area contributed by atoms with Crippen LogP contribution in [0.3, 0.4) is 0 Å². The molecular formula is C45H57N6O7PS. The highest BCUT2D eigenvalue weighted by molar-refractivity contribution is 7.56. The van der Waals surface area contributed by atoms with E-state index in [9.17, 15) is 23.7 Å². The molecule has 0 aliphatic carbocycles. The maximum atomic E-state index is 14.6. The van der Waals surface area contributed by atoms with Crippen molar-refractivity contribution in [3.63, 3.8) is 0 Å². The SMILES string of the molecule is CCCOC(=O)[C@H](C)NP(=O)(Cc1ccc2sc(C(=O)N[C@H]3CC[C@@H](C)C[C@@]4(C)CC[C@@H](C(=O)N5CC(c6cnccc6N(C)C)C5)N4C3=O)cc2c1)Oc1ccccc1. The number of benzene rings is 2. The van der Waals surface area contributed by atoms with E-state index in [4.69, 9.17) is 9.26 Å². The summed E-state index contributed by atoms with van der Waals surface area (Å²) in [5.74, 6) is -0.236. The summed E-state index contributed by atoms with van der Waals surface area (Å²) >= 11 is 1.31. The summed E-state index contributed by atoms with van der Waals surface area (Å²) in [5, 5.41) is 6.77. The monoisotopic (exact) mass is 856 g/mol. The number of pyridine rings is 1. The first-order valence-electron chi connectivity index (χ1n) is 21.0. The minimum atomic E-state index is -3.69. The number of para-hydroxylation sites is 1. The predicted molar refractivity (Wildman–Crippen MR) is 234 cm³/mol. The first-order valence-corrected chi connectivity index (χ1v) is 23.6. The Kier molecular flexibility index (Phi) is 13.0. The van der Waals surface area contributed by atoms with Crippen LogP contribution < -0.4 is 19.8 Å². The zero-order valence-corrected chi connectivity index (χ0v) is 37.1. The second kappa shape index (κ2) is 18.1. The van der Waals surface area contributed by atoms with Gasteiger partial charge in [-0.05, 0) is 106 Å². The van der Waals surface area contributed by atoms with Crippen LogP contribution in [0, 0.1) is 5.92 Å². The van der Waals surface area contributed by atoms with Crippen molar-refractivity contribution >= 4 is 58.3 Å². The molecule has 13 nitrogen and oxygen atoms in total. The van der Waals surface area contributed by atoms with E-state index in [1.54, 1.807) is 43.5 Å². The number of nitrogens with zero attached hydrogens (tertiary/aromatic N) is 4. The molecule has 4 aromatic rings. The lowest BCUT2D eigenvalue weighted by Crippen LogP contribution is -2.62. The lowest BCUT2D eigenvalue weighted by Gasteiger charge is -2.46. The van der Waals surface area contributed by atoms with Crippen molar-refractivity contribution in [1.29, 1.82) is 0 Å². The summed E-state index contributed by atoms with van der Waals surface area (Å²) in [6.45, 7) is 9.19. The van der Waals surface area contributed by atoms with Crippen molar-refractivity contribution in [3.05, 3.63) is 89.1 Å². The number of aromatic nitrogens is 1. The van der Waals surface area contributed by atoms with Crippen LogP contribution in [0.25, 0.3) is 10.1 Å². The number of hydrogen-bond acceptors (Lipinski definition) is 10. The molecular weight excluding hydrogens is 800 g/mol. The average Bonchev–Trinajstić information content (AvgIpc) is 3.78. The molecule has 3 aliphatic heterocycles. The van der Waals surface area contributed by atoms with Gasteiger partial charge in [-0.1, -0.05) is 38.1 Å². The molecule has 1 unspecified atom stereocenters. The van der Waals surface area contributed by atoms with Crippen LogP contribution in [0.2, 0.25) is 0 Å². The van der Waals surface area contributed by atoms with Crippen LogP contribution in [0.1, 0.15) is 92.9 Å². The number of nitrogens with one attached hydrogen (secondary N) is 2. The maximum Gasteiger partial charge on any atom is 0.323 e. The summed E-state index contributed by atoms with van der Waals surface area (Å²) < 4.78 is 26.6. The van der Waals surface area contributed by atoms with Crippen LogP contribution in [-0.4, -0.2) is 95.9 Å². The largest absolute Gasteiger partial charge is 0.465 e. The third-order valence-electron chi connectivity index (χ3n) is 12.0. The highest BCUT2D eigenvalue weighted by Gasteiger charge is 2.53. The number of esters is 1. The van der Waals surface area contributed by atoms with E-state index in [1.165, 1.54) is 11.3 Å². The van der Waals surface area contributed by atoms with Crippen LogP contribution in [0.15, 0.2) is 73.1 Å². The van der Waals surface area contributed by atoms with E-state index in [1.807, 2.05) is 67.3 Å². The summed E-state index contributed by atoms with van der Waals surface area (Å²) in [7, 11) is 0.310. The van der Waals surface area contributed by atoms with E-state index in [2.05, 4.69) is 34.1 Å². The molecule has 60 heavy (non-hydrogen) atoms. The molecule has 2 N–H and O–H groups in total. The molecule has 320 valence electrons. The van der Waals surface area contributed by atoms with Gasteiger partial charge in [0.2, 0.25) is 11.8 Å². The molecule has 6 atom stereocenters. The fourth-order valence-electron chi connectivity index (χ4n) is 9.05. The van der Waals surface area contributed by atoms with Gasteiger partial charge in [0.05, 0.1) is 17.6 Å². The molecule has 0 radical (unpaired) electrons. The van der Waals surface area contributed by atoms with E-state index >= 15 is 0 Å². The van der Waals surface area contributed by atoms with Gasteiger partial charge >= 0.3 is 13.5 Å². The molecule has 3 saturated heterocycles. The lowest BCUT2D eigenvalue weighted by atomic mass is 9.82. The van der Waals surface area contributed by atoms with E-state index in [0.717, 1.165) is 40.6 Å². The van der Waals surface area contributed by atoms with Gasteiger partial charge in [-0.15, -0.1) is 11.3 Å². The van der Waals surface area contributed by atoms with E-state index in [-0.39, 0.29) is 36.4 Å². The van der Waals surface area contributed by atoms with Crippen LogP contribution >= 0.6 is 18.9 Å². The molecule has 3 amide bonds. The Hall–Kier alpha value is -4.78. The fraction of sp³-hybridized carbons (Fsp3) is 0.489. The maximum absolute atomic E-state index is 14.6. The summed E-state index contributed by atoms with van der Waals surface area (Å²) in [6.07, 6.45) is 7.67. The van der Waals surface area contributed by atoms with Gasteiger partial charge in [-0.3, -0.25) is 28.7 Å². The zero-order chi connectivity index (χ0) is 42.8. The number of rotatable bonds is 14. The second-order valence-electron chi connectivity index (χ2n) is 17.2. The number of ether oxygens (including phenoxy) is 1. The number of carbonyl (C=O) groups excluding carboxylic acids is 4. The number of anilines is 1. The molecule has 3 aliphatic rings. The standard InChI is InChI=1S/C45H57N6O7PS/c1-7-21-57-44(55)30(3)48-59(56,58-34-11-9-8-10-12-34)28-31-14-16-39-32(22-31)23-40(60-39)41(52)47-36-15-13-29(2)24-45(4)19-17-38(51(45)42(36)53)43(54)50-26-33(27-50)35-25-46-20-18-37(35)49(5)6/h8-12,14,16,18,20,22-23,25,29-30,33,36,38H,7,13,15,17,19,21,24,26-28H2,1-6H3,(H,47,52)(H,48,56)/t29-,30+,36+,38+,45-,59?/m1/s1. The molecule has 7 rings (SSSR count). The Bertz CT molecular complexity index is 2260. The molecule has 5 heterocycles. The second-order valence-corrected chi connectivity index (χ2v) is 20.4. The van der Waals surface area contributed by atoms with Gasteiger partial charge in [0, 0.05) is 67.0 Å². The summed E-state index contributed by atoms with van der Waals surface area (Å²) in [4.78, 5) is 66.0. The number of carbonyl (C=O) groups is 4. The van der Waals surface area contributed by atoms with Crippen LogP contribution in [0.5, 0.6) is 5.75 Å². The van der Waals surface area contributed by atoms with Crippen molar-refractivity contribution in [1.82, 2.24) is 25.2 Å². The van der Waals surface area contributed by atoms with Gasteiger partial charge in [0.15, 0.2) is 0 Å². The quantitative estimate of drug-likeness (QED) is 0.0973. The molecule has 0 bridgehead atoms. The zero-order valence-electron chi connectivity index (χ0n) is 35.4. The molecule has 0 saturated carbocycles. The Balaban J connectivity index is 1.06. The number of fused-ring (bicyclic) bond motifs is 2. The van der Waals surface area contributed by atoms with Crippen molar-refractivity contribution < 1.29 is 33.0 Å². The first-order chi connectivity index (χ1) is 28.7. The minimum absolute atomic E-state index is 0.0253. The van der Waals surface area contributed by atoms with Crippen LogP contribution in [-0.2, 0) is 29.8 Å². The van der Waals surface area contributed by atoms with Crippen molar-refractivity contribution in [2.24, 2.45) is 5.92 Å². The molecule has 3 fully saturated rings. The van der Waals surface area contributed by atoms with Gasteiger partial charge < -0.3 is 29.3 Å². The Morgan fingerprint density at radius 3 is 2.57 bits per heavy atom. The Labute approximate surface area is 356 Å². The predicted octanol–water partition coefficient (Wildman–Crippen LogP) is 7.36. The number of amides is 3. The first kappa shape index (κ1) is 43.3. The average molecular weight is 857 g/mol. The smallest absolute Gasteiger partial charge is 0.323 e. The molecule has 2 aromatic heterocycles. The summed E-state index contributed by atoms with van der Waals surface area (Å²) in [5.41, 5.74) is 2.40. The van der Waals surface area contributed by atoms with Gasteiger partial charge in [-0.25, -0.2) is 5.09 Å². The van der Waals surface area contributed by atoms with Gasteiger partial charge in [0.25, 0.3) is 5.91 Å². The minimum Gasteiger partial charge on any atom is -0.465 e. The Morgan fingerprint density at radius 1 is 1.07 bits per heavy atom. The normalized spacial score (nSPS) is 23.4. The fourth-order valence-corrected chi connectivity index (χ4v) is 12.0. The molecule has 2 aromatic carbocycles. The third-order valence-corrected chi connectivity index (χ3v) is 15.2. The van der Waals surface area contributed by atoms with Gasteiger partial charge in [0.1, 0.15) is 23.9 Å². The van der Waals surface area contributed by atoms with E-state index < -0.39 is 37.2 Å².